The van der Waals surface area contributed by atoms with Crippen LogP contribution in [0.25, 0.3) is 0 Å². The minimum absolute atomic E-state index is 0.00177. The fraction of sp³-hybridized carbons (Fsp3) is 0.211. The number of carbonyl (C=O) groups excluding carboxylic acids is 3. The highest BCUT2D eigenvalue weighted by molar-refractivity contribution is 6.31. The van der Waals surface area contributed by atoms with Crippen molar-refractivity contribution >= 4 is 35.1 Å². The number of hydrogen-bond donors (Lipinski definition) is 0. The number of imide groups is 1. The van der Waals surface area contributed by atoms with Gasteiger partial charge in [-0.3, -0.25) is 24.6 Å². The smallest absolute Gasteiger partial charge is 0.345 e. The normalized spacial score (nSPS) is 12.8. The highest BCUT2D eigenvalue weighted by Gasteiger charge is 2.34. The second-order valence-corrected chi connectivity index (χ2v) is 6.51. The lowest BCUT2D eigenvalue weighted by atomic mass is 10.1. The Morgan fingerprint density at radius 1 is 1.07 bits per heavy atom. The van der Waals surface area contributed by atoms with E-state index in [1.165, 1.54) is 12.1 Å². The molecule has 0 radical (unpaired) electrons. The number of rotatable bonds is 7. The maximum Gasteiger partial charge on any atom is 0.345 e. The Labute approximate surface area is 164 Å². The fourth-order valence-corrected chi connectivity index (χ4v) is 3.05. The predicted octanol–water partition coefficient (Wildman–Crippen LogP) is 3.48. The quantitative estimate of drug-likeness (QED) is 0.231. The van der Waals surface area contributed by atoms with Gasteiger partial charge in [-0.05, 0) is 37.1 Å². The topological polar surface area (TPSA) is 107 Å². The van der Waals surface area contributed by atoms with E-state index in [0.717, 1.165) is 11.0 Å². The summed E-state index contributed by atoms with van der Waals surface area (Å²) in [6.07, 6.45) is 0.821. The number of benzene rings is 2. The number of amides is 2. The number of nitro benzene ring substituents is 1. The minimum atomic E-state index is -0.830. The Morgan fingerprint density at radius 3 is 2.32 bits per heavy atom. The average molecular weight is 403 g/mol. The van der Waals surface area contributed by atoms with Crippen molar-refractivity contribution in [2.45, 2.75) is 12.8 Å². The summed E-state index contributed by atoms with van der Waals surface area (Å²) in [6, 6.07) is 10.3. The number of esters is 1. The molecule has 0 aliphatic carbocycles. The molecule has 0 saturated heterocycles. The molecule has 9 heteroatoms. The molecular formula is C19H15ClN2O6. The molecule has 1 aliphatic heterocycles. The summed E-state index contributed by atoms with van der Waals surface area (Å²) in [5.41, 5.74) is 0.154. The molecule has 2 amide bonds. The van der Waals surface area contributed by atoms with Crippen molar-refractivity contribution in [2.75, 3.05) is 13.2 Å². The van der Waals surface area contributed by atoms with E-state index in [1.807, 2.05) is 0 Å². The Bertz CT molecular complexity index is 940. The van der Waals surface area contributed by atoms with Crippen LogP contribution in [0.1, 0.15) is 43.9 Å². The van der Waals surface area contributed by atoms with Crippen molar-refractivity contribution in [3.63, 3.8) is 0 Å². The number of unbranched alkanes of at least 4 members (excludes halogenated alkanes) is 1. The molecule has 28 heavy (non-hydrogen) atoms. The molecular weight excluding hydrogens is 388 g/mol. The summed E-state index contributed by atoms with van der Waals surface area (Å²) < 4.78 is 5.06. The van der Waals surface area contributed by atoms with E-state index in [1.54, 1.807) is 24.3 Å². The number of ether oxygens (including phenoxy) is 1. The second-order valence-electron chi connectivity index (χ2n) is 6.07. The van der Waals surface area contributed by atoms with Crippen molar-refractivity contribution < 1.29 is 24.0 Å². The van der Waals surface area contributed by atoms with Crippen molar-refractivity contribution in [3.8, 4) is 0 Å². The standard InChI is InChI=1S/C19H15ClN2O6/c20-12-7-8-15(16(11-12)22(26)27)19(25)28-10-4-3-9-21-17(23)13-5-1-2-6-14(13)18(21)24/h1-2,5-8,11H,3-4,9-10H2. The summed E-state index contributed by atoms with van der Waals surface area (Å²) in [6.45, 7) is 0.201. The first-order chi connectivity index (χ1) is 13.4. The van der Waals surface area contributed by atoms with E-state index in [4.69, 9.17) is 16.3 Å². The van der Waals surface area contributed by atoms with Gasteiger partial charge in [0.25, 0.3) is 17.5 Å². The van der Waals surface area contributed by atoms with E-state index < -0.39 is 16.6 Å². The molecule has 0 bridgehead atoms. The van der Waals surface area contributed by atoms with Crippen LogP contribution in [0.15, 0.2) is 42.5 Å². The third kappa shape index (κ3) is 3.86. The van der Waals surface area contributed by atoms with E-state index in [-0.39, 0.29) is 35.6 Å². The zero-order valence-electron chi connectivity index (χ0n) is 14.6. The molecule has 3 rings (SSSR count). The molecule has 0 spiro atoms. The van der Waals surface area contributed by atoms with Crippen LogP contribution in [0, 0.1) is 10.1 Å². The van der Waals surface area contributed by atoms with Gasteiger partial charge in [0.05, 0.1) is 22.7 Å². The van der Waals surface area contributed by atoms with Crippen LogP contribution >= 0.6 is 11.6 Å². The number of nitro groups is 1. The van der Waals surface area contributed by atoms with Crippen molar-refractivity contribution in [3.05, 3.63) is 74.3 Å². The third-order valence-electron chi connectivity index (χ3n) is 4.26. The van der Waals surface area contributed by atoms with Crippen molar-refractivity contribution in [1.82, 2.24) is 4.90 Å². The van der Waals surface area contributed by atoms with Gasteiger partial charge >= 0.3 is 5.97 Å². The van der Waals surface area contributed by atoms with Gasteiger partial charge in [-0.15, -0.1) is 0 Å². The first-order valence-corrected chi connectivity index (χ1v) is 8.84. The van der Waals surface area contributed by atoms with E-state index in [0.29, 0.717) is 24.0 Å². The molecule has 2 aromatic rings. The van der Waals surface area contributed by atoms with Gasteiger partial charge in [0.15, 0.2) is 0 Å². The van der Waals surface area contributed by atoms with Gasteiger partial charge in [-0.1, -0.05) is 23.7 Å². The van der Waals surface area contributed by atoms with Crippen LogP contribution in [0.5, 0.6) is 0 Å². The van der Waals surface area contributed by atoms with Crippen molar-refractivity contribution in [2.24, 2.45) is 0 Å². The number of nitrogens with zero attached hydrogens (tertiary/aromatic N) is 2. The monoisotopic (exact) mass is 402 g/mol. The molecule has 8 nitrogen and oxygen atoms in total. The molecule has 1 aliphatic rings. The van der Waals surface area contributed by atoms with Crippen molar-refractivity contribution in [1.29, 1.82) is 0 Å². The summed E-state index contributed by atoms with van der Waals surface area (Å²) in [4.78, 5) is 48.0. The lowest BCUT2D eigenvalue weighted by Crippen LogP contribution is -2.30. The van der Waals surface area contributed by atoms with E-state index >= 15 is 0 Å². The van der Waals surface area contributed by atoms with Crippen LogP contribution < -0.4 is 0 Å². The van der Waals surface area contributed by atoms with Gasteiger partial charge in [-0.25, -0.2) is 4.79 Å². The van der Waals surface area contributed by atoms with E-state index in [9.17, 15) is 24.5 Å². The predicted molar refractivity (Wildman–Crippen MR) is 99.4 cm³/mol. The second kappa shape index (κ2) is 8.18. The number of hydrogen-bond acceptors (Lipinski definition) is 6. The van der Waals surface area contributed by atoms with Gasteiger partial charge in [0.1, 0.15) is 5.56 Å². The zero-order valence-corrected chi connectivity index (χ0v) is 15.3. The molecule has 0 atom stereocenters. The highest BCUT2D eigenvalue weighted by Crippen LogP contribution is 2.24. The number of fused-ring (bicyclic) bond motifs is 1. The number of carbonyl (C=O) groups is 3. The van der Waals surface area contributed by atoms with Crippen LogP contribution in [-0.2, 0) is 4.74 Å². The molecule has 144 valence electrons. The lowest BCUT2D eigenvalue weighted by Gasteiger charge is -2.13. The summed E-state index contributed by atoms with van der Waals surface area (Å²) in [5, 5.41) is 11.2. The van der Waals surface area contributed by atoms with E-state index in [2.05, 4.69) is 0 Å². The van der Waals surface area contributed by atoms with Gasteiger partial charge in [-0.2, -0.15) is 0 Å². The molecule has 0 fully saturated rings. The molecule has 2 aromatic carbocycles. The summed E-state index contributed by atoms with van der Waals surface area (Å²) in [5.74, 6) is -1.51. The SMILES string of the molecule is O=C(OCCCCN1C(=O)c2ccccc2C1=O)c1ccc(Cl)cc1[N+](=O)[O-]. The number of halogens is 1. The largest absolute Gasteiger partial charge is 0.462 e. The highest BCUT2D eigenvalue weighted by atomic mass is 35.5. The Morgan fingerprint density at radius 2 is 1.71 bits per heavy atom. The van der Waals surface area contributed by atoms with Crippen LogP contribution in [0.4, 0.5) is 5.69 Å². The molecule has 0 saturated carbocycles. The maximum absolute atomic E-state index is 12.2. The molecule has 1 heterocycles. The van der Waals surface area contributed by atoms with Gasteiger partial charge in [0, 0.05) is 17.6 Å². The van der Waals surface area contributed by atoms with Gasteiger partial charge < -0.3 is 4.74 Å². The zero-order chi connectivity index (χ0) is 20.3. The third-order valence-corrected chi connectivity index (χ3v) is 4.50. The maximum atomic E-state index is 12.2. The summed E-state index contributed by atoms with van der Waals surface area (Å²) in [7, 11) is 0. The van der Waals surface area contributed by atoms with Crippen LogP contribution in [0.3, 0.4) is 0 Å². The molecule has 0 aromatic heterocycles. The fourth-order valence-electron chi connectivity index (χ4n) is 2.89. The first-order valence-electron chi connectivity index (χ1n) is 8.46. The minimum Gasteiger partial charge on any atom is -0.462 e. The average Bonchev–Trinajstić information content (AvgIpc) is 2.92. The van der Waals surface area contributed by atoms with Crippen LogP contribution in [0.2, 0.25) is 5.02 Å². The molecule has 0 N–H and O–H groups in total. The molecule has 0 unspecified atom stereocenters. The lowest BCUT2D eigenvalue weighted by molar-refractivity contribution is -0.385. The summed E-state index contributed by atoms with van der Waals surface area (Å²) >= 11 is 5.71. The van der Waals surface area contributed by atoms with Gasteiger partial charge in [0.2, 0.25) is 0 Å². The Balaban J connectivity index is 1.50. The Kier molecular flexibility index (Phi) is 5.70. The Hall–Kier alpha value is -3.26. The first kappa shape index (κ1) is 19.5. The van der Waals surface area contributed by atoms with Crippen LogP contribution in [-0.4, -0.2) is 40.8 Å².